The van der Waals surface area contributed by atoms with Gasteiger partial charge in [-0.25, -0.2) is 0 Å². The van der Waals surface area contributed by atoms with Crippen LogP contribution in [0.3, 0.4) is 0 Å². The molecule has 0 heterocycles. The van der Waals surface area contributed by atoms with Gasteiger partial charge < -0.3 is 0 Å². The molecular formula is H4Cu3Ge. The Balaban J connectivity index is 0. The average molecular weight is 267 g/mol. The molecule has 0 saturated heterocycles. The van der Waals surface area contributed by atoms with Crippen molar-refractivity contribution in [1.29, 1.82) is 0 Å². The zero-order valence-corrected chi connectivity index (χ0v) is 3.73. The van der Waals surface area contributed by atoms with E-state index in [0.29, 0.717) is 0 Å². The molecule has 0 spiro atoms. The Morgan fingerprint density at radius 3 is 0.500 bits per heavy atom. The van der Waals surface area contributed by atoms with Crippen LogP contribution in [-0.4, -0.2) is 17.6 Å². The van der Waals surface area contributed by atoms with Crippen molar-refractivity contribution in [1.82, 2.24) is 0 Å². The quantitative estimate of drug-likeness (QED) is 0.471. The summed E-state index contributed by atoms with van der Waals surface area (Å²) in [6, 6.07) is 0. The second-order valence-corrected chi connectivity index (χ2v) is 0. The van der Waals surface area contributed by atoms with Crippen LogP contribution in [-0.2, 0) is 51.2 Å². The first-order chi connectivity index (χ1) is 0. The van der Waals surface area contributed by atoms with Gasteiger partial charge >= 0.3 is 17.6 Å². The van der Waals surface area contributed by atoms with E-state index in [9.17, 15) is 0 Å². The first-order valence-electron chi connectivity index (χ1n) is 0. The van der Waals surface area contributed by atoms with Crippen LogP contribution in [0.25, 0.3) is 0 Å². The summed E-state index contributed by atoms with van der Waals surface area (Å²) in [6.07, 6.45) is 0. The molecule has 0 bridgehead atoms. The summed E-state index contributed by atoms with van der Waals surface area (Å²) in [7, 11) is 0. The molecule has 0 saturated carbocycles. The monoisotopic (exact) mass is 267 g/mol. The minimum absolute atomic E-state index is 0. The molecule has 41 valence electrons. The van der Waals surface area contributed by atoms with E-state index in [2.05, 4.69) is 0 Å². The molecule has 4 heteroatoms. The number of hydrogen-bond acceptors (Lipinski definition) is 0. The van der Waals surface area contributed by atoms with E-state index in [1.54, 1.807) is 0 Å². The molecule has 0 aliphatic carbocycles. The SMILES string of the molecule is [Cu].[Cu].[Cu].[GeH4]. The molecule has 0 aliphatic heterocycles. The average Bonchev–Trinajstić information content (AvgIpc) is 0. The summed E-state index contributed by atoms with van der Waals surface area (Å²) in [5.41, 5.74) is 0. The van der Waals surface area contributed by atoms with E-state index in [1.165, 1.54) is 0 Å². The Hall–Kier alpha value is 2.10. The van der Waals surface area contributed by atoms with Gasteiger partial charge in [0, 0.05) is 51.2 Å². The fourth-order valence-corrected chi connectivity index (χ4v) is 0. The fraction of sp³-hybridized carbons (Fsp3) is 0. The first kappa shape index (κ1) is 36.0. The second kappa shape index (κ2) is 19.4. The van der Waals surface area contributed by atoms with Gasteiger partial charge in [-0.1, -0.05) is 0 Å². The van der Waals surface area contributed by atoms with Crippen LogP contribution in [0.1, 0.15) is 0 Å². The molecule has 0 aromatic carbocycles. The second-order valence-electron chi connectivity index (χ2n) is 0. The van der Waals surface area contributed by atoms with Crippen molar-refractivity contribution >= 4 is 17.6 Å². The summed E-state index contributed by atoms with van der Waals surface area (Å²) in [5, 5.41) is 0. The summed E-state index contributed by atoms with van der Waals surface area (Å²) in [4.78, 5) is 0. The summed E-state index contributed by atoms with van der Waals surface area (Å²) in [6.45, 7) is 0. The van der Waals surface area contributed by atoms with Gasteiger partial charge in [0.1, 0.15) is 0 Å². The predicted octanol–water partition coefficient (Wildman–Crippen LogP) is -1.46. The van der Waals surface area contributed by atoms with Gasteiger partial charge in [-0.05, 0) is 0 Å². The van der Waals surface area contributed by atoms with Crippen molar-refractivity contribution in [3.05, 3.63) is 0 Å². The van der Waals surface area contributed by atoms with Gasteiger partial charge in [0.05, 0.1) is 0 Å². The van der Waals surface area contributed by atoms with Gasteiger partial charge in [-0.3, -0.25) is 0 Å². The third kappa shape index (κ3) is 8.93. The predicted molar refractivity (Wildman–Crippen MR) is 11.3 cm³/mol. The maximum absolute atomic E-state index is 0. The summed E-state index contributed by atoms with van der Waals surface area (Å²) >= 11 is 0. The summed E-state index contributed by atoms with van der Waals surface area (Å²) < 4.78 is 0. The fourth-order valence-electron chi connectivity index (χ4n) is 0. The van der Waals surface area contributed by atoms with Crippen molar-refractivity contribution in [2.24, 2.45) is 0 Å². The van der Waals surface area contributed by atoms with E-state index < -0.39 is 0 Å². The molecule has 0 aromatic rings. The van der Waals surface area contributed by atoms with Crippen molar-refractivity contribution in [3.63, 3.8) is 0 Å². The van der Waals surface area contributed by atoms with E-state index in [0.717, 1.165) is 0 Å². The molecule has 0 N–H and O–H groups in total. The number of rotatable bonds is 0. The molecule has 0 aliphatic rings. The van der Waals surface area contributed by atoms with Crippen molar-refractivity contribution in [3.8, 4) is 0 Å². The Labute approximate surface area is 68.3 Å². The van der Waals surface area contributed by atoms with Crippen LogP contribution in [0.4, 0.5) is 0 Å². The molecular weight excluding hydrogens is 263 g/mol. The zero-order chi connectivity index (χ0) is 0. The Bertz CT molecular complexity index is 3.25. The van der Waals surface area contributed by atoms with Crippen LogP contribution >= 0.6 is 0 Å². The number of hydrogen-bond donors (Lipinski definition) is 0. The molecule has 0 nitrogen and oxygen atoms in total. The third-order valence-corrected chi connectivity index (χ3v) is 0. The van der Waals surface area contributed by atoms with E-state index in [-0.39, 0.29) is 68.8 Å². The standard InChI is InChI=1S/3Cu.GeH4/h;;;1H4. The zero-order valence-electron chi connectivity index (χ0n) is 0.905. The van der Waals surface area contributed by atoms with E-state index in [1.807, 2.05) is 0 Å². The van der Waals surface area contributed by atoms with Crippen molar-refractivity contribution < 1.29 is 51.2 Å². The molecule has 0 rings (SSSR count). The topological polar surface area (TPSA) is 0 Å². The molecule has 0 unspecified atom stereocenters. The van der Waals surface area contributed by atoms with Gasteiger partial charge in [0.2, 0.25) is 0 Å². The van der Waals surface area contributed by atoms with E-state index >= 15 is 0 Å². The van der Waals surface area contributed by atoms with Crippen LogP contribution in [0.2, 0.25) is 0 Å². The maximum atomic E-state index is 0. The van der Waals surface area contributed by atoms with E-state index in [4.69, 9.17) is 0 Å². The van der Waals surface area contributed by atoms with Crippen LogP contribution in [0, 0.1) is 0 Å². The summed E-state index contributed by atoms with van der Waals surface area (Å²) in [5.74, 6) is 0. The van der Waals surface area contributed by atoms with Crippen molar-refractivity contribution in [2.75, 3.05) is 0 Å². The molecule has 0 atom stereocenters. The molecule has 4 heavy (non-hydrogen) atoms. The van der Waals surface area contributed by atoms with Crippen molar-refractivity contribution in [2.45, 2.75) is 0 Å². The molecule has 0 fully saturated rings. The Morgan fingerprint density at radius 2 is 0.500 bits per heavy atom. The van der Waals surface area contributed by atoms with Crippen LogP contribution < -0.4 is 0 Å². The van der Waals surface area contributed by atoms with Gasteiger partial charge in [-0.15, -0.1) is 0 Å². The first-order valence-corrected chi connectivity index (χ1v) is 0. The third-order valence-electron chi connectivity index (χ3n) is 0. The Morgan fingerprint density at radius 1 is 0.500 bits per heavy atom. The minimum atomic E-state index is 0. The normalized spacial score (nSPS) is 0. The molecule has 3 radical (unpaired) electrons. The molecule has 0 amide bonds. The van der Waals surface area contributed by atoms with Crippen LogP contribution in [0.15, 0.2) is 0 Å². The van der Waals surface area contributed by atoms with Crippen LogP contribution in [0.5, 0.6) is 0 Å². The Kier molecular flexibility index (Phi) is 175. The van der Waals surface area contributed by atoms with Gasteiger partial charge in [0.25, 0.3) is 0 Å². The van der Waals surface area contributed by atoms with Gasteiger partial charge in [0.15, 0.2) is 0 Å². The van der Waals surface area contributed by atoms with Gasteiger partial charge in [-0.2, -0.15) is 0 Å². The molecule has 0 aromatic heterocycles.